The van der Waals surface area contributed by atoms with E-state index in [-0.39, 0.29) is 12.0 Å². The molecule has 1 atom stereocenters. The molecule has 31 heavy (non-hydrogen) atoms. The number of carbonyl (C=O) groups excluding carboxylic acids is 1. The monoisotopic (exact) mass is 424 g/mol. The van der Waals surface area contributed by atoms with Gasteiger partial charge in [0.15, 0.2) is 11.5 Å². The highest BCUT2D eigenvalue weighted by Gasteiger charge is 2.25. The summed E-state index contributed by atoms with van der Waals surface area (Å²) in [4.78, 5) is 17.5. The highest BCUT2D eigenvalue weighted by Crippen LogP contribution is 2.33. The van der Waals surface area contributed by atoms with Gasteiger partial charge in [0, 0.05) is 39.3 Å². The fourth-order valence-corrected chi connectivity index (χ4v) is 4.30. The number of hydrogen-bond donors (Lipinski definition) is 0. The maximum Gasteiger partial charge on any atom is 0.257 e. The molecule has 3 heterocycles. The van der Waals surface area contributed by atoms with E-state index in [1.54, 1.807) is 0 Å². The number of amides is 1. The van der Waals surface area contributed by atoms with E-state index in [0.717, 1.165) is 50.6 Å². The number of carbonyl (C=O) groups is 1. The van der Waals surface area contributed by atoms with Gasteiger partial charge >= 0.3 is 0 Å². The Morgan fingerprint density at radius 3 is 2.71 bits per heavy atom. The number of para-hydroxylation sites is 1. The minimum atomic E-state index is 0.0330. The Balaban J connectivity index is 1.16. The van der Waals surface area contributed by atoms with Crippen LogP contribution < -0.4 is 14.2 Å². The largest absolute Gasteiger partial charge is 0.490 e. The predicted molar refractivity (Wildman–Crippen MR) is 115 cm³/mol. The van der Waals surface area contributed by atoms with Crippen molar-refractivity contribution in [3.8, 4) is 17.2 Å². The lowest BCUT2D eigenvalue weighted by Gasteiger charge is -2.35. The molecule has 2 aromatic carbocycles. The Hall–Kier alpha value is -2.77. The molecule has 2 saturated heterocycles. The summed E-state index contributed by atoms with van der Waals surface area (Å²) in [6, 6.07) is 13.6. The van der Waals surface area contributed by atoms with Crippen molar-refractivity contribution in [2.24, 2.45) is 0 Å². The van der Waals surface area contributed by atoms with Gasteiger partial charge in [0.2, 0.25) is 6.79 Å². The number of nitrogens with zero attached hydrogens (tertiary/aromatic N) is 2. The molecule has 0 spiro atoms. The maximum absolute atomic E-state index is 13.2. The van der Waals surface area contributed by atoms with Gasteiger partial charge < -0.3 is 23.8 Å². The van der Waals surface area contributed by atoms with Gasteiger partial charge in [-0.3, -0.25) is 9.69 Å². The van der Waals surface area contributed by atoms with Crippen LogP contribution in [0.1, 0.15) is 28.8 Å². The summed E-state index contributed by atoms with van der Waals surface area (Å²) in [5.41, 5.74) is 1.82. The van der Waals surface area contributed by atoms with Crippen molar-refractivity contribution < 1.29 is 23.7 Å². The summed E-state index contributed by atoms with van der Waals surface area (Å²) in [5, 5.41) is 0. The lowest BCUT2D eigenvalue weighted by Crippen LogP contribution is -2.48. The van der Waals surface area contributed by atoms with E-state index < -0.39 is 0 Å². The van der Waals surface area contributed by atoms with Gasteiger partial charge in [-0.2, -0.15) is 0 Å². The molecule has 7 heteroatoms. The van der Waals surface area contributed by atoms with E-state index >= 15 is 0 Å². The second-order valence-corrected chi connectivity index (χ2v) is 8.20. The third kappa shape index (κ3) is 4.62. The number of fused-ring (bicyclic) bond motifs is 1. The van der Waals surface area contributed by atoms with Gasteiger partial charge in [-0.15, -0.1) is 0 Å². The summed E-state index contributed by atoms with van der Waals surface area (Å²) in [7, 11) is 0. The highest BCUT2D eigenvalue weighted by atomic mass is 16.7. The summed E-state index contributed by atoms with van der Waals surface area (Å²) >= 11 is 0. The molecule has 1 unspecified atom stereocenters. The van der Waals surface area contributed by atoms with E-state index in [1.807, 2.05) is 41.3 Å². The third-order valence-corrected chi connectivity index (χ3v) is 6.07. The Kier molecular flexibility index (Phi) is 5.95. The normalized spacial score (nSPS) is 20.8. The highest BCUT2D eigenvalue weighted by molar-refractivity contribution is 5.97. The van der Waals surface area contributed by atoms with Crippen LogP contribution in [0.3, 0.4) is 0 Å². The summed E-state index contributed by atoms with van der Waals surface area (Å²) in [6.45, 7) is 5.47. The molecule has 1 amide bonds. The topological polar surface area (TPSA) is 60.5 Å². The lowest BCUT2D eigenvalue weighted by atomic mass is 10.1. The lowest BCUT2D eigenvalue weighted by molar-refractivity contribution is 0.0593. The van der Waals surface area contributed by atoms with Crippen LogP contribution in [0, 0.1) is 0 Å². The average molecular weight is 424 g/mol. The zero-order valence-electron chi connectivity index (χ0n) is 17.6. The first-order valence-corrected chi connectivity index (χ1v) is 11.0. The molecule has 0 saturated carbocycles. The van der Waals surface area contributed by atoms with Crippen molar-refractivity contribution in [2.45, 2.75) is 25.5 Å². The molecule has 0 N–H and O–H groups in total. The molecule has 0 bridgehead atoms. The molecule has 3 aliphatic heterocycles. The quantitative estimate of drug-likeness (QED) is 0.711. The minimum absolute atomic E-state index is 0.0330. The number of piperazine rings is 1. The Morgan fingerprint density at radius 2 is 1.87 bits per heavy atom. The number of ether oxygens (including phenoxy) is 4. The fraction of sp³-hybridized carbons (Fsp3) is 0.458. The van der Waals surface area contributed by atoms with Gasteiger partial charge in [0.1, 0.15) is 12.4 Å². The van der Waals surface area contributed by atoms with E-state index in [9.17, 15) is 4.79 Å². The van der Waals surface area contributed by atoms with Crippen LogP contribution >= 0.6 is 0 Å². The molecule has 5 rings (SSSR count). The average Bonchev–Trinajstić information content (AvgIpc) is 3.50. The molecule has 0 aliphatic carbocycles. The third-order valence-electron chi connectivity index (χ3n) is 6.07. The standard InChI is InChI=1S/C24H28N2O5/c27-24(20-5-1-2-6-21(20)29-16-19-4-3-13-28-19)26-11-9-25(10-12-26)15-18-7-8-22-23(14-18)31-17-30-22/h1-2,5-8,14,19H,3-4,9-13,15-17H2. The van der Waals surface area contributed by atoms with E-state index in [2.05, 4.69) is 11.0 Å². The molecular weight excluding hydrogens is 396 g/mol. The van der Waals surface area contributed by atoms with Crippen LogP contribution in [0.4, 0.5) is 0 Å². The fourth-order valence-electron chi connectivity index (χ4n) is 4.30. The Bertz CT molecular complexity index is 920. The van der Waals surface area contributed by atoms with E-state index in [1.165, 1.54) is 5.56 Å². The number of benzene rings is 2. The maximum atomic E-state index is 13.2. The molecule has 2 fully saturated rings. The summed E-state index contributed by atoms with van der Waals surface area (Å²) < 4.78 is 22.5. The van der Waals surface area contributed by atoms with Crippen LogP contribution in [0.5, 0.6) is 17.2 Å². The molecule has 164 valence electrons. The second-order valence-electron chi connectivity index (χ2n) is 8.20. The Morgan fingerprint density at radius 1 is 1.03 bits per heavy atom. The predicted octanol–water partition coefficient (Wildman–Crippen LogP) is 2.93. The molecule has 7 nitrogen and oxygen atoms in total. The van der Waals surface area contributed by atoms with E-state index in [4.69, 9.17) is 18.9 Å². The molecule has 0 aromatic heterocycles. The smallest absolute Gasteiger partial charge is 0.257 e. The van der Waals surface area contributed by atoms with Crippen molar-refractivity contribution in [1.29, 1.82) is 0 Å². The van der Waals surface area contributed by atoms with Crippen molar-refractivity contribution in [3.63, 3.8) is 0 Å². The van der Waals surface area contributed by atoms with Gasteiger partial charge in [0.25, 0.3) is 5.91 Å². The molecule has 0 radical (unpaired) electrons. The molecule has 2 aromatic rings. The van der Waals surface area contributed by atoms with Gasteiger partial charge in [-0.05, 0) is 42.7 Å². The first-order valence-electron chi connectivity index (χ1n) is 11.0. The molecular formula is C24H28N2O5. The van der Waals surface area contributed by atoms with Crippen molar-refractivity contribution in [3.05, 3.63) is 53.6 Å². The van der Waals surface area contributed by atoms with Crippen LogP contribution in [0.25, 0.3) is 0 Å². The zero-order chi connectivity index (χ0) is 21.0. The van der Waals surface area contributed by atoms with Crippen LogP contribution in [-0.4, -0.2) is 68.0 Å². The van der Waals surface area contributed by atoms with Crippen LogP contribution in [0.2, 0.25) is 0 Å². The van der Waals surface area contributed by atoms with E-state index in [0.29, 0.717) is 37.8 Å². The zero-order valence-corrected chi connectivity index (χ0v) is 17.6. The van der Waals surface area contributed by atoms with Crippen molar-refractivity contribution in [1.82, 2.24) is 9.80 Å². The van der Waals surface area contributed by atoms with Crippen molar-refractivity contribution >= 4 is 5.91 Å². The van der Waals surface area contributed by atoms with Crippen molar-refractivity contribution in [2.75, 3.05) is 46.2 Å². The summed E-state index contributed by atoms with van der Waals surface area (Å²) in [6.07, 6.45) is 2.22. The second kappa shape index (κ2) is 9.16. The number of hydrogen-bond acceptors (Lipinski definition) is 6. The first kappa shape index (κ1) is 20.2. The minimum Gasteiger partial charge on any atom is -0.490 e. The Labute approximate surface area is 182 Å². The SMILES string of the molecule is O=C(c1ccccc1OCC1CCCO1)N1CCN(Cc2ccc3c(c2)OCO3)CC1. The van der Waals surface area contributed by atoms with Gasteiger partial charge in [0.05, 0.1) is 11.7 Å². The van der Waals surface area contributed by atoms with Gasteiger partial charge in [-0.1, -0.05) is 18.2 Å². The summed E-state index contributed by atoms with van der Waals surface area (Å²) in [5.74, 6) is 2.29. The van der Waals surface area contributed by atoms with Gasteiger partial charge in [-0.25, -0.2) is 0 Å². The van der Waals surface area contributed by atoms with Crippen LogP contribution in [0.15, 0.2) is 42.5 Å². The van der Waals surface area contributed by atoms with Crippen LogP contribution in [-0.2, 0) is 11.3 Å². The number of rotatable bonds is 6. The first-order chi connectivity index (χ1) is 15.3. The molecule has 3 aliphatic rings.